The number of aromatic nitrogens is 1. The quantitative estimate of drug-likeness (QED) is 0.451. The van der Waals surface area contributed by atoms with E-state index in [1.54, 1.807) is 12.3 Å². The van der Waals surface area contributed by atoms with Crippen LogP contribution in [0.1, 0.15) is 23.7 Å². The average molecular weight is 392 g/mol. The van der Waals surface area contributed by atoms with Gasteiger partial charge < -0.3 is 4.74 Å². The molecule has 0 aliphatic rings. The largest absolute Gasteiger partial charge is 0.466 e. The molecule has 2 aromatic rings. The summed E-state index contributed by atoms with van der Waals surface area (Å²) in [7, 11) is 0. The Kier molecular flexibility index (Phi) is 6.38. The van der Waals surface area contributed by atoms with Crippen LogP contribution >= 0.6 is 22.9 Å². The zero-order valence-electron chi connectivity index (χ0n) is 12.9. The molecule has 0 aliphatic carbocycles. The second-order valence-corrected chi connectivity index (χ2v) is 6.00. The second-order valence-electron chi connectivity index (χ2n) is 4.73. The molecule has 0 saturated heterocycles. The third-order valence-corrected chi connectivity index (χ3v) is 3.98. The van der Waals surface area contributed by atoms with Gasteiger partial charge in [0.15, 0.2) is 0 Å². The summed E-state index contributed by atoms with van der Waals surface area (Å²) in [5.74, 6) is -0.385. The number of nitrogens with one attached hydrogen (secondary N) is 1. The van der Waals surface area contributed by atoms with Gasteiger partial charge in [-0.2, -0.15) is 18.3 Å². The Labute approximate surface area is 150 Å². The molecule has 0 aliphatic heterocycles. The van der Waals surface area contributed by atoms with Gasteiger partial charge in [-0.25, -0.2) is 4.98 Å². The number of hydrogen-bond acceptors (Lipinski definition) is 6. The third-order valence-electron chi connectivity index (χ3n) is 2.85. The molecule has 0 fully saturated rings. The Morgan fingerprint density at radius 3 is 2.92 bits per heavy atom. The van der Waals surface area contributed by atoms with Gasteiger partial charge in [0.2, 0.25) is 5.13 Å². The summed E-state index contributed by atoms with van der Waals surface area (Å²) in [4.78, 5) is 15.5. The van der Waals surface area contributed by atoms with Crippen LogP contribution < -0.4 is 5.43 Å². The first-order valence-electron chi connectivity index (χ1n) is 7.05. The average Bonchev–Trinajstić information content (AvgIpc) is 2.95. The summed E-state index contributed by atoms with van der Waals surface area (Å²) in [5.41, 5.74) is 2.42. The number of hydrogen-bond donors (Lipinski definition) is 1. The van der Waals surface area contributed by atoms with E-state index in [0.717, 1.165) is 12.1 Å². The Morgan fingerprint density at radius 2 is 2.24 bits per heavy atom. The molecule has 10 heteroatoms. The number of ether oxygens (including phenoxy) is 1. The first-order valence-corrected chi connectivity index (χ1v) is 8.31. The third kappa shape index (κ3) is 5.71. The van der Waals surface area contributed by atoms with Gasteiger partial charge in [-0.05, 0) is 24.6 Å². The summed E-state index contributed by atoms with van der Waals surface area (Å²) >= 11 is 6.76. The van der Waals surface area contributed by atoms with E-state index in [0.29, 0.717) is 17.4 Å². The van der Waals surface area contributed by atoms with Crippen LogP contribution in [-0.2, 0) is 22.1 Å². The maximum Gasteiger partial charge on any atom is 0.417 e. The van der Waals surface area contributed by atoms with Crippen molar-refractivity contribution in [2.75, 3.05) is 12.0 Å². The van der Waals surface area contributed by atoms with Crippen molar-refractivity contribution >= 4 is 40.3 Å². The summed E-state index contributed by atoms with van der Waals surface area (Å²) in [6.45, 7) is 2.00. The minimum absolute atomic E-state index is 0.0435. The van der Waals surface area contributed by atoms with Crippen LogP contribution in [-0.4, -0.2) is 23.8 Å². The van der Waals surface area contributed by atoms with E-state index in [9.17, 15) is 18.0 Å². The second kappa shape index (κ2) is 8.30. The molecule has 0 radical (unpaired) electrons. The molecule has 0 saturated carbocycles. The number of alkyl halides is 3. The van der Waals surface area contributed by atoms with Crippen molar-refractivity contribution in [1.29, 1.82) is 0 Å². The monoisotopic (exact) mass is 391 g/mol. The van der Waals surface area contributed by atoms with Gasteiger partial charge in [-0.3, -0.25) is 10.2 Å². The molecule has 1 heterocycles. The molecule has 134 valence electrons. The highest BCUT2D eigenvalue weighted by molar-refractivity contribution is 7.13. The minimum atomic E-state index is -4.54. The van der Waals surface area contributed by atoms with E-state index in [1.165, 1.54) is 23.6 Å². The van der Waals surface area contributed by atoms with Crippen molar-refractivity contribution in [3.63, 3.8) is 0 Å². The van der Waals surface area contributed by atoms with E-state index in [2.05, 4.69) is 15.5 Å². The molecule has 0 atom stereocenters. The maximum atomic E-state index is 12.8. The lowest BCUT2D eigenvalue weighted by Crippen LogP contribution is -2.07. The summed E-state index contributed by atoms with van der Waals surface area (Å²) < 4.78 is 43.2. The number of hydrazone groups is 1. The maximum absolute atomic E-state index is 12.8. The molecule has 1 N–H and O–H groups in total. The van der Waals surface area contributed by atoms with Crippen molar-refractivity contribution < 1.29 is 22.7 Å². The van der Waals surface area contributed by atoms with Crippen LogP contribution in [0.4, 0.5) is 18.3 Å². The molecule has 0 amide bonds. The molecule has 1 aromatic heterocycles. The van der Waals surface area contributed by atoms with Crippen LogP contribution in [0.5, 0.6) is 0 Å². The number of carbonyl (C=O) groups excluding carboxylic acids is 1. The van der Waals surface area contributed by atoms with Crippen LogP contribution in [0.15, 0.2) is 28.7 Å². The SMILES string of the molecule is CCOC(=O)Cc1csc(NN=Cc2ccc(Cl)c(C(F)(F)F)c2)n1. The number of benzene rings is 1. The predicted molar refractivity (Wildman–Crippen MR) is 90.1 cm³/mol. The Morgan fingerprint density at radius 1 is 1.48 bits per heavy atom. The highest BCUT2D eigenvalue weighted by Gasteiger charge is 2.33. The molecule has 25 heavy (non-hydrogen) atoms. The zero-order chi connectivity index (χ0) is 18.4. The topological polar surface area (TPSA) is 63.6 Å². The highest BCUT2D eigenvalue weighted by Crippen LogP contribution is 2.34. The number of thiazole rings is 1. The van der Waals surface area contributed by atoms with Crippen LogP contribution in [0.2, 0.25) is 5.02 Å². The van der Waals surface area contributed by atoms with E-state index in [1.807, 2.05) is 0 Å². The first-order chi connectivity index (χ1) is 11.8. The summed E-state index contributed by atoms with van der Waals surface area (Å²) in [6, 6.07) is 3.48. The minimum Gasteiger partial charge on any atom is -0.466 e. The van der Waals surface area contributed by atoms with Gasteiger partial charge in [0.1, 0.15) is 0 Å². The standard InChI is InChI=1S/C15H13ClF3N3O2S/c1-2-24-13(23)6-10-8-25-14(21-10)22-20-7-9-3-4-12(16)11(5-9)15(17,18)19/h3-5,7-8H,2,6H2,1H3,(H,21,22). The summed E-state index contributed by atoms with van der Waals surface area (Å²) in [5, 5.41) is 5.53. The number of anilines is 1. The van der Waals surface area contributed by atoms with Gasteiger partial charge in [0.25, 0.3) is 0 Å². The van der Waals surface area contributed by atoms with E-state index >= 15 is 0 Å². The van der Waals surface area contributed by atoms with Crippen molar-refractivity contribution in [1.82, 2.24) is 4.98 Å². The van der Waals surface area contributed by atoms with Crippen molar-refractivity contribution in [2.24, 2.45) is 5.10 Å². The Balaban J connectivity index is 2.00. The van der Waals surface area contributed by atoms with Gasteiger partial charge in [0.05, 0.1) is 35.5 Å². The normalized spacial score (nSPS) is 11.7. The smallest absolute Gasteiger partial charge is 0.417 e. The molecule has 5 nitrogen and oxygen atoms in total. The first kappa shape index (κ1) is 19.2. The fourth-order valence-electron chi connectivity index (χ4n) is 1.80. The van der Waals surface area contributed by atoms with Crippen molar-refractivity contribution in [3.05, 3.63) is 45.4 Å². The fraction of sp³-hybridized carbons (Fsp3) is 0.267. The predicted octanol–water partition coefficient (Wildman–Crippen LogP) is 4.37. The molecule has 0 bridgehead atoms. The summed E-state index contributed by atoms with van der Waals surface area (Å²) in [6.07, 6.45) is -3.27. The fourth-order valence-corrected chi connectivity index (χ4v) is 2.69. The molecular formula is C15H13ClF3N3O2S. The Hall–Kier alpha value is -2.13. The molecule has 0 unspecified atom stereocenters. The number of esters is 1. The molecule has 1 aromatic carbocycles. The van der Waals surface area contributed by atoms with Gasteiger partial charge in [-0.1, -0.05) is 17.7 Å². The van der Waals surface area contributed by atoms with Crippen molar-refractivity contribution in [3.8, 4) is 0 Å². The van der Waals surface area contributed by atoms with E-state index in [4.69, 9.17) is 16.3 Å². The molecule has 2 rings (SSSR count). The Bertz CT molecular complexity index is 778. The lowest BCUT2D eigenvalue weighted by Gasteiger charge is -2.09. The number of rotatable bonds is 6. The van der Waals surface area contributed by atoms with E-state index in [-0.39, 0.29) is 23.0 Å². The van der Waals surface area contributed by atoms with E-state index < -0.39 is 11.7 Å². The number of carbonyl (C=O) groups is 1. The zero-order valence-corrected chi connectivity index (χ0v) is 14.5. The lowest BCUT2D eigenvalue weighted by atomic mass is 10.1. The van der Waals surface area contributed by atoms with Gasteiger partial charge >= 0.3 is 12.1 Å². The van der Waals surface area contributed by atoms with Crippen LogP contribution in [0.3, 0.4) is 0 Å². The molecule has 0 spiro atoms. The van der Waals surface area contributed by atoms with Crippen LogP contribution in [0.25, 0.3) is 0 Å². The van der Waals surface area contributed by atoms with Crippen molar-refractivity contribution in [2.45, 2.75) is 19.5 Å². The number of halogens is 4. The number of nitrogens with zero attached hydrogens (tertiary/aromatic N) is 2. The highest BCUT2D eigenvalue weighted by atomic mass is 35.5. The van der Waals surface area contributed by atoms with Gasteiger partial charge in [0, 0.05) is 5.38 Å². The molecular weight excluding hydrogens is 379 g/mol. The van der Waals surface area contributed by atoms with Gasteiger partial charge in [-0.15, -0.1) is 11.3 Å². The van der Waals surface area contributed by atoms with Crippen LogP contribution in [0, 0.1) is 0 Å². The lowest BCUT2D eigenvalue weighted by molar-refractivity contribution is -0.142.